The van der Waals surface area contributed by atoms with Crippen LogP contribution in [-0.2, 0) is 6.61 Å². The molecular formula is C21H16Cl2N2O4. The number of furan rings is 1. The molecule has 0 atom stereocenters. The Morgan fingerprint density at radius 3 is 2.48 bits per heavy atom. The molecular weight excluding hydrogens is 415 g/mol. The number of hydrogen-bond acceptors (Lipinski definition) is 6. The Kier molecular flexibility index (Phi) is 5.47. The predicted molar refractivity (Wildman–Crippen MR) is 110 cm³/mol. The van der Waals surface area contributed by atoms with Crippen LogP contribution in [0.3, 0.4) is 0 Å². The zero-order valence-corrected chi connectivity index (χ0v) is 17.1. The first-order chi connectivity index (χ1) is 14.0. The topological polar surface area (TPSA) is 70.5 Å². The summed E-state index contributed by atoms with van der Waals surface area (Å²) in [6, 6.07) is 14.2. The number of rotatable bonds is 6. The molecule has 0 saturated carbocycles. The molecule has 0 radical (unpaired) electrons. The first-order valence-corrected chi connectivity index (χ1v) is 9.45. The second kappa shape index (κ2) is 8.19. The van der Waals surface area contributed by atoms with Gasteiger partial charge in [0.25, 0.3) is 5.89 Å². The van der Waals surface area contributed by atoms with Gasteiger partial charge in [-0.3, -0.25) is 0 Å². The van der Waals surface area contributed by atoms with Gasteiger partial charge < -0.3 is 18.4 Å². The lowest BCUT2D eigenvalue weighted by Crippen LogP contribution is -1.95. The van der Waals surface area contributed by atoms with Crippen LogP contribution in [0, 0.1) is 6.92 Å². The van der Waals surface area contributed by atoms with Crippen molar-refractivity contribution in [2.45, 2.75) is 13.5 Å². The van der Waals surface area contributed by atoms with Gasteiger partial charge in [0.1, 0.15) is 23.9 Å². The molecule has 0 fully saturated rings. The van der Waals surface area contributed by atoms with E-state index >= 15 is 0 Å². The van der Waals surface area contributed by atoms with E-state index in [1.54, 1.807) is 43.5 Å². The van der Waals surface area contributed by atoms with Crippen LogP contribution in [0.1, 0.15) is 11.3 Å². The Morgan fingerprint density at radius 1 is 0.966 bits per heavy atom. The highest BCUT2D eigenvalue weighted by atomic mass is 35.5. The molecule has 0 amide bonds. The van der Waals surface area contributed by atoms with Crippen molar-refractivity contribution >= 4 is 23.2 Å². The Bertz CT molecular complexity index is 1150. The predicted octanol–water partition coefficient (Wildman–Crippen LogP) is 6.20. The average Bonchev–Trinajstić information content (AvgIpc) is 3.37. The van der Waals surface area contributed by atoms with Crippen LogP contribution < -0.4 is 9.47 Å². The highest BCUT2D eigenvalue weighted by molar-refractivity contribution is 6.31. The third kappa shape index (κ3) is 4.23. The zero-order valence-electron chi connectivity index (χ0n) is 15.6. The van der Waals surface area contributed by atoms with E-state index in [0.717, 1.165) is 11.3 Å². The minimum Gasteiger partial charge on any atom is -0.496 e. The van der Waals surface area contributed by atoms with Crippen LogP contribution in [-0.4, -0.2) is 17.3 Å². The van der Waals surface area contributed by atoms with Gasteiger partial charge in [-0.15, -0.1) is 0 Å². The number of ether oxygens (including phenoxy) is 2. The number of nitrogens with zero attached hydrogens (tertiary/aromatic N) is 2. The molecule has 148 valence electrons. The van der Waals surface area contributed by atoms with Crippen LogP contribution in [0.25, 0.3) is 23.0 Å². The number of aryl methyl sites for hydroxylation is 1. The maximum absolute atomic E-state index is 6.07. The maximum Gasteiger partial charge on any atom is 0.293 e. The van der Waals surface area contributed by atoms with Crippen molar-refractivity contribution < 1.29 is 18.4 Å². The Labute approximate surface area is 177 Å². The van der Waals surface area contributed by atoms with Crippen LogP contribution in [0.4, 0.5) is 0 Å². The lowest BCUT2D eigenvalue weighted by Gasteiger charge is -2.07. The number of benzene rings is 2. The molecule has 0 N–H and O–H groups in total. The fourth-order valence-corrected chi connectivity index (χ4v) is 3.18. The third-order valence-corrected chi connectivity index (χ3v) is 4.68. The van der Waals surface area contributed by atoms with Crippen molar-refractivity contribution in [3.8, 4) is 34.5 Å². The van der Waals surface area contributed by atoms with Gasteiger partial charge in [0.15, 0.2) is 5.76 Å². The normalized spacial score (nSPS) is 10.9. The number of aromatic nitrogens is 2. The first kappa shape index (κ1) is 19.4. The molecule has 2 aromatic heterocycles. The van der Waals surface area contributed by atoms with Gasteiger partial charge in [-0.05, 0) is 61.0 Å². The van der Waals surface area contributed by atoms with E-state index < -0.39 is 0 Å². The van der Waals surface area contributed by atoms with Gasteiger partial charge in [-0.25, -0.2) is 0 Å². The highest BCUT2D eigenvalue weighted by Gasteiger charge is 2.17. The van der Waals surface area contributed by atoms with Crippen molar-refractivity contribution in [2.24, 2.45) is 0 Å². The molecule has 8 heteroatoms. The van der Waals surface area contributed by atoms with Crippen molar-refractivity contribution in [1.82, 2.24) is 10.1 Å². The molecule has 2 aromatic carbocycles. The van der Waals surface area contributed by atoms with Crippen LogP contribution in [0.2, 0.25) is 10.0 Å². The third-order valence-electron chi connectivity index (χ3n) is 4.21. The zero-order chi connectivity index (χ0) is 20.4. The van der Waals surface area contributed by atoms with E-state index in [1.165, 1.54) is 0 Å². The highest BCUT2D eigenvalue weighted by Crippen LogP contribution is 2.32. The summed E-state index contributed by atoms with van der Waals surface area (Å²) in [5.74, 6) is 2.99. The molecule has 4 rings (SSSR count). The Morgan fingerprint density at radius 2 is 1.72 bits per heavy atom. The standard InChI is InChI=1S/C21H16Cl2N2O4/c1-12-9-13(22)3-6-17(12)27-11-15-5-8-19(28-15)21-24-20(25-29-21)16-10-14(23)4-7-18(16)26-2/h3-10H,11H2,1-2H3. The van der Waals surface area contributed by atoms with Gasteiger partial charge in [-0.2, -0.15) is 4.98 Å². The Balaban J connectivity index is 1.51. The average molecular weight is 431 g/mol. The molecule has 6 nitrogen and oxygen atoms in total. The molecule has 0 aliphatic rings. The van der Waals surface area contributed by atoms with Crippen molar-refractivity contribution in [1.29, 1.82) is 0 Å². The van der Waals surface area contributed by atoms with E-state index in [1.807, 2.05) is 19.1 Å². The maximum atomic E-state index is 6.07. The quantitative estimate of drug-likeness (QED) is 0.362. The van der Waals surface area contributed by atoms with Crippen molar-refractivity contribution in [3.63, 3.8) is 0 Å². The smallest absolute Gasteiger partial charge is 0.293 e. The molecule has 4 aromatic rings. The summed E-state index contributed by atoms with van der Waals surface area (Å²) in [6.45, 7) is 2.18. The summed E-state index contributed by atoms with van der Waals surface area (Å²) >= 11 is 12.0. The minimum atomic E-state index is 0.246. The summed E-state index contributed by atoms with van der Waals surface area (Å²) < 4.78 is 22.3. The van der Waals surface area contributed by atoms with Gasteiger partial charge in [0, 0.05) is 10.0 Å². The monoisotopic (exact) mass is 430 g/mol. The molecule has 2 heterocycles. The SMILES string of the molecule is COc1ccc(Cl)cc1-c1noc(-c2ccc(COc3ccc(Cl)cc3C)o2)n1. The molecule has 0 spiro atoms. The van der Waals surface area contributed by atoms with Crippen molar-refractivity contribution in [2.75, 3.05) is 7.11 Å². The van der Waals surface area contributed by atoms with E-state index in [-0.39, 0.29) is 12.5 Å². The van der Waals surface area contributed by atoms with E-state index in [0.29, 0.717) is 38.7 Å². The summed E-state index contributed by atoms with van der Waals surface area (Å²) in [4.78, 5) is 4.39. The molecule has 29 heavy (non-hydrogen) atoms. The second-order valence-electron chi connectivity index (χ2n) is 6.23. The lowest BCUT2D eigenvalue weighted by atomic mass is 10.2. The first-order valence-electron chi connectivity index (χ1n) is 8.69. The summed E-state index contributed by atoms with van der Waals surface area (Å²) in [5.41, 5.74) is 1.57. The molecule has 0 aliphatic heterocycles. The molecule has 0 unspecified atom stereocenters. The molecule has 0 aliphatic carbocycles. The van der Waals surface area contributed by atoms with Crippen LogP contribution in [0.5, 0.6) is 11.5 Å². The van der Waals surface area contributed by atoms with Gasteiger partial charge in [-0.1, -0.05) is 28.4 Å². The Hall–Kier alpha value is -2.96. The lowest BCUT2D eigenvalue weighted by molar-refractivity contribution is 0.269. The van der Waals surface area contributed by atoms with Crippen LogP contribution >= 0.6 is 23.2 Å². The number of hydrogen-bond donors (Lipinski definition) is 0. The van der Waals surface area contributed by atoms with Gasteiger partial charge in [0.2, 0.25) is 5.82 Å². The van der Waals surface area contributed by atoms with Gasteiger partial charge >= 0.3 is 0 Å². The largest absolute Gasteiger partial charge is 0.496 e. The van der Waals surface area contributed by atoms with Crippen LogP contribution in [0.15, 0.2) is 57.5 Å². The van der Waals surface area contributed by atoms with E-state index in [2.05, 4.69) is 10.1 Å². The minimum absolute atomic E-state index is 0.246. The summed E-state index contributed by atoms with van der Waals surface area (Å²) in [5, 5.41) is 5.22. The summed E-state index contributed by atoms with van der Waals surface area (Å²) in [6.07, 6.45) is 0. The van der Waals surface area contributed by atoms with Gasteiger partial charge in [0.05, 0.1) is 12.7 Å². The fraction of sp³-hybridized carbons (Fsp3) is 0.143. The van der Waals surface area contributed by atoms with Crippen molar-refractivity contribution in [3.05, 3.63) is 69.9 Å². The summed E-state index contributed by atoms with van der Waals surface area (Å²) in [7, 11) is 1.56. The number of halogens is 2. The fourth-order valence-electron chi connectivity index (χ4n) is 2.78. The molecule has 0 bridgehead atoms. The van der Waals surface area contributed by atoms with E-state index in [9.17, 15) is 0 Å². The second-order valence-corrected chi connectivity index (χ2v) is 7.11. The van der Waals surface area contributed by atoms with E-state index in [4.69, 9.17) is 41.6 Å². The number of methoxy groups -OCH3 is 1. The molecule has 0 saturated heterocycles.